The van der Waals surface area contributed by atoms with E-state index in [1.54, 1.807) is 26.2 Å². The first-order valence-electron chi connectivity index (χ1n) is 18.4. The lowest BCUT2D eigenvalue weighted by atomic mass is 9.73. The van der Waals surface area contributed by atoms with E-state index in [-0.39, 0.29) is 51.0 Å². The van der Waals surface area contributed by atoms with E-state index in [9.17, 15) is 48.9 Å². The van der Waals surface area contributed by atoms with E-state index in [0.717, 1.165) is 11.4 Å². The number of carbonyl (C=O) groups excluding carboxylic acids is 3. The van der Waals surface area contributed by atoms with Crippen LogP contribution < -0.4 is 21.3 Å². The normalized spacial score (nSPS) is 13.2. The number of urea groups is 1. The van der Waals surface area contributed by atoms with Gasteiger partial charge in [0, 0.05) is 56.8 Å². The van der Waals surface area contributed by atoms with Gasteiger partial charge in [-0.2, -0.15) is 0 Å². The zero-order valence-corrected chi connectivity index (χ0v) is 32.3. The van der Waals surface area contributed by atoms with E-state index in [0.29, 0.717) is 25.9 Å². The summed E-state index contributed by atoms with van der Waals surface area (Å²) in [6.45, 7) is 8.79. The Morgan fingerprint density at radius 3 is 1.68 bits per heavy atom. The Kier molecular flexibility index (Phi) is 18.8. The smallest absolute Gasteiger partial charge is 0.326 e. The number of hydrogen-bond acceptors (Lipinski definition) is 10. The number of carboxylic acids is 4. The molecule has 56 heavy (non-hydrogen) atoms. The van der Waals surface area contributed by atoms with Crippen molar-refractivity contribution in [3.63, 3.8) is 0 Å². The molecule has 0 spiro atoms. The maximum Gasteiger partial charge on any atom is 0.326 e. The van der Waals surface area contributed by atoms with Gasteiger partial charge in [-0.05, 0) is 82.1 Å². The van der Waals surface area contributed by atoms with Gasteiger partial charge in [0.15, 0.2) is 0 Å². The maximum absolute atomic E-state index is 12.9. The number of amides is 4. The second kappa shape index (κ2) is 22.7. The van der Waals surface area contributed by atoms with Crippen molar-refractivity contribution < 1.29 is 54.0 Å². The van der Waals surface area contributed by atoms with Crippen molar-refractivity contribution in [2.75, 3.05) is 6.54 Å². The molecule has 0 aliphatic heterocycles. The Hall–Kier alpha value is -5.65. The monoisotopic (exact) mass is 785 g/mol. The minimum absolute atomic E-state index is 0.0102. The molecule has 0 saturated heterocycles. The van der Waals surface area contributed by atoms with E-state index in [1.807, 2.05) is 50.2 Å². The number of aromatic nitrogens is 2. The molecule has 18 heteroatoms. The number of nitrogens with one attached hydrogen (secondary N) is 4. The molecule has 0 aliphatic rings. The lowest BCUT2D eigenvalue weighted by molar-refractivity contribution is -0.146. The van der Waals surface area contributed by atoms with Crippen LogP contribution in [0.4, 0.5) is 4.79 Å². The molecule has 3 unspecified atom stereocenters. The molecule has 0 fully saturated rings. The summed E-state index contributed by atoms with van der Waals surface area (Å²) in [6, 6.07) is 6.15. The Morgan fingerprint density at radius 2 is 1.20 bits per heavy atom. The van der Waals surface area contributed by atoms with Gasteiger partial charge >= 0.3 is 29.9 Å². The molecule has 2 heterocycles. The average Bonchev–Trinajstić information content (AvgIpc) is 3.11. The number of nitrogens with zero attached hydrogens (tertiary/aromatic N) is 3. The summed E-state index contributed by atoms with van der Waals surface area (Å²) in [6.07, 6.45) is 3.57. The van der Waals surface area contributed by atoms with Crippen molar-refractivity contribution in [1.82, 2.24) is 36.1 Å². The lowest BCUT2D eigenvalue weighted by Crippen LogP contribution is -2.55. The van der Waals surface area contributed by atoms with Crippen LogP contribution >= 0.6 is 0 Å². The third kappa shape index (κ3) is 17.2. The standard InChI is InChI=1S/C38H55N7O11/c1-37(2,24-38(3,4)45(22-25-12-5-8-19-39-25)23-26-13-6-9-20-40-26)32(35(54)55)44-30(47)16-11-15-29(46)41-21-10-7-14-27(33(50)51)42-36(56)43-28(34(52)53)17-18-31(48)49/h5-6,8-9,12-13,19-20,27-28,32H,7,10-11,14-18,21-24H2,1-4H3,(H,41,46)(H,44,47)(H,48,49)(H,50,51)(H,52,53)(H,54,55)(H2,42,43,56). The highest BCUT2D eigenvalue weighted by Gasteiger charge is 2.42. The molecule has 0 aromatic carbocycles. The van der Waals surface area contributed by atoms with E-state index >= 15 is 0 Å². The van der Waals surface area contributed by atoms with Gasteiger partial charge in [-0.15, -0.1) is 0 Å². The van der Waals surface area contributed by atoms with Gasteiger partial charge in [-0.1, -0.05) is 26.0 Å². The van der Waals surface area contributed by atoms with Crippen LogP contribution in [0, 0.1) is 5.41 Å². The fourth-order valence-corrected chi connectivity index (χ4v) is 6.35. The topological polar surface area (TPSA) is 278 Å². The van der Waals surface area contributed by atoms with E-state index < -0.39 is 71.3 Å². The first kappa shape index (κ1) is 46.5. The summed E-state index contributed by atoms with van der Waals surface area (Å²) >= 11 is 0. The molecule has 308 valence electrons. The van der Waals surface area contributed by atoms with Gasteiger partial charge in [0.2, 0.25) is 11.8 Å². The number of hydrogen-bond donors (Lipinski definition) is 8. The van der Waals surface area contributed by atoms with Crippen molar-refractivity contribution in [3.05, 3.63) is 60.2 Å². The zero-order valence-electron chi connectivity index (χ0n) is 32.3. The average molecular weight is 786 g/mol. The highest BCUT2D eigenvalue weighted by molar-refractivity contribution is 5.86. The van der Waals surface area contributed by atoms with Crippen molar-refractivity contribution in [2.45, 2.75) is 122 Å². The minimum Gasteiger partial charge on any atom is -0.481 e. The van der Waals surface area contributed by atoms with Crippen LogP contribution in [0.25, 0.3) is 0 Å². The van der Waals surface area contributed by atoms with Crippen molar-refractivity contribution >= 4 is 41.7 Å². The Balaban J connectivity index is 1.84. The summed E-state index contributed by atoms with van der Waals surface area (Å²) in [5.41, 5.74) is 0.213. The van der Waals surface area contributed by atoms with Crippen LogP contribution in [0.5, 0.6) is 0 Å². The molecule has 18 nitrogen and oxygen atoms in total. The Morgan fingerprint density at radius 1 is 0.661 bits per heavy atom. The highest BCUT2D eigenvalue weighted by Crippen LogP contribution is 2.36. The third-order valence-corrected chi connectivity index (χ3v) is 9.14. The number of carboxylic acid groups (broad SMARTS) is 4. The third-order valence-electron chi connectivity index (χ3n) is 9.14. The summed E-state index contributed by atoms with van der Waals surface area (Å²) in [4.78, 5) is 94.8. The second-order valence-electron chi connectivity index (χ2n) is 14.8. The maximum atomic E-state index is 12.9. The number of aliphatic carboxylic acids is 4. The number of rotatable bonds is 26. The van der Waals surface area contributed by atoms with Crippen LogP contribution in [-0.2, 0) is 41.9 Å². The van der Waals surface area contributed by atoms with Crippen molar-refractivity contribution in [2.24, 2.45) is 5.41 Å². The van der Waals surface area contributed by atoms with E-state index in [2.05, 4.69) is 36.1 Å². The molecule has 3 atom stereocenters. The van der Waals surface area contributed by atoms with Gasteiger partial charge < -0.3 is 41.7 Å². The number of pyridine rings is 2. The van der Waals surface area contributed by atoms with Gasteiger partial charge in [-0.3, -0.25) is 29.3 Å². The molecule has 0 radical (unpaired) electrons. The van der Waals surface area contributed by atoms with Crippen molar-refractivity contribution in [1.29, 1.82) is 0 Å². The molecular formula is C38H55N7O11. The molecule has 2 aromatic heterocycles. The van der Waals surface area contributed by atoms with Crippen LogP contribution in [0.15, 0.2) is 48.8 Å². The zero-order chi connectivity index (χ0) is 41.9. The fraction of sp³-hybridized carbons (Fsp3) is 0.553. The summed E-state index contributed by atoms with van der Waals surface area (Å²) in [5, 5.41) is 47.1. The lowest BCUT2D eigenvalue weighted by Gasteiger charge is -2.45. The first-order valence-corrected chi connectivity index (χ1v) is 18.4. The molecule has 4 amide bonds. The van der Waals surface area contributed by atoms with Gasteiger partial charge in [0.25, 0.3) is 0 Å². The van der Waals surface area contributed by atoms with Crippen LogP contribution in [-0.4, -0.2) is 107 Å². The van der Waals surface area contributed by atoms with E-state index in [4.69, 9.17) is 5.11 Å². The summed E-state index contributed by atoms with van der Waals surface area (Å²) in [7, 11) is 0. The largest absolute Gasteiger partial charge is 0.481 e. The summed E-state index contributed by atoms with van der Waals surface area (Å²) < 4.78 is 0. The van der Waals surface area contributed by atoms with E-state index in [1.165, 1.54) is 0 Å². The van der Waals surface area contributed by atoms with Crippen molar-refractivity contribution in [3.8, 4) is 0 Å². The fourth-order valence-electron chi connectivity index (χ4n) is 6.35. The summed E-state index contributed by atoms with van der Waals surface area (Å²) in [5.74, 6) is -6.13. The Bertz CT molecular complexity index is 1580. The molecule has 0 saturated carbocycles. The molecule has 0 aliphatic carbocycles. The predicted octanol–water partition coefficient (Wildman–Crippen LogP) is 2.77. The molecule has 0 bridgehead atoms. The molecular weight excluding hydrogens is 730 g/mol. The first-order chi connectivity index (χ1) is 26.3. The van der Waals surface area contributed by atoms with Gasteiger partial charge in [-0.25, -0.2) is 19.2 Å². The predicted molar refractivity (Wildman–Crippen MR) is 202 cm³/mol. The van der Waals surface area contributed by atoms with Crippen LogP contribution in [0.2, 0.25) is 0 Å². The molecule has 8 N–H and O–H groups in total. The quantitative estimate of drug-likeness (QED) is 0.0637. The van der Waals surface area contributed by atoms with Gasteiger partial charge in [0.05, 0.1) is 11.4 Å². The highest BCUT2D eigenvalue weighted by atomic mass is 16.4. The van der Waals surface area contributed by atoms with Gasteiger partial charge in [0.1, 0.15) is 18.1 Å². The minimum atomic E-state index is -1.52. The second-order valence-corrected chi connectivity index (χ2v) is 14.8. The Labute approximate surface area is 325 Å². The molecule has 2 rings (SSSR count). The number of unbranched alkanes of at least 4 members (excludes halogenated alkanes) is 1. The van der Waals surface area contributed by atoms with Crippen LogP contribution in [0.3, 0.4) is 0 Å². The van der Waals surface area contributed by atoms with Crippen LogP contribution in [0.1, 0.15) is 96.9 Å². The number of carbonyl (C=O) groups is 7. The molecule has 2 aromatic rings. The SMILES string of the molecule is CC(C)(CC(C)(C)N(Cc1ccccn1)Cc1ccccn1)C(NC(=O)CCCC(=O)NCCCCC(NC(=O)NC(CCC(=O)O)C(=O)O)C(=O)O)C(=O)O.